The molecule has 2 aromatic rings. The quantitative estimate of drug-likeness (QED) is 0.862. The van der Waals surface area contributed by atoms with Gasteiger partial charge in [-0.2, -0.15) is 5.10 Å². The Morgan fingerprint density at radius 3 is 2.79 bits per heavy atom. The standard InChI is InChI=1S/C14H17N3O2/c1-10-9-12(3-4-13(10)14(18)19)15-7-5-11-6-8-17(2)16-11/h3-4,6,8-9,15H,5,7H2,1-2H3,(H,18,19). The third kappa shape index (κ3) is 3.34. The third-order valence-electron chi connectivity index (χ3n) is 2.94. The van der Waals surface area contributed by atoms with E-state index in [0.29, 0.717) is 5.56 Å². The summed E-state index contributed by atoms with van der Waals surface area (Å²) >= 11 is 0. The van der Waals surface area contributed by atoms with Crippen LogP contribution in [0.3, 0.4) is 0 Å². The van der Waals surface area contributed by atoms with Crippen LogP contribution in [0.5, 0.6) is 0 Å². The number of carboxylic acids is 1. The van der Waals surface area contributed by atoms with Gasteiger partial charge in [0, 0.05) is 31.9 Å². The van der Waals surface area contributed by atoms with Gasteiger partial charge >= 0.3 is 5.97 Å². The molecule has 0 fully saturated rings. The predicted molar refractivity (Wildman–Crippen MR) is 73.5 cm³/mol. The fraction of sp³-hybridized carbons (Fsp3) is 0.286. The van der Waals surface area contributed by atoms with Gasteiger partial charge in [0.05, 0.1) is 11.3 Å². The third-order valence-corrected chi connectivity index (χ3v) is 2.94. The van der Waals surface area contributed by atoms with E-state index < -0.39 is 5.97 Å². The van der Waals surface area contributed by atoms with Gasteiger partial charge in [-0.15, -0.1) is 0 Å². The average Bonchev–Trinajstić information content (AvgIpc) is 2.75. The summed E-state index contributed by atoms with van der Waals surface area (Å²) < 4.78 is 1.78. The number of aryl methyl sites for hydroxylation is 2. The van der Waals surface area contributed by atoms with Gasteiger partial charge in [-0.1, -0.05) is 0 Å². The molecule has 0 aliphatic rings. The van der Waals surface area contributed by atoms with Gasteiger partial charge in [-0.05, 0) is 36.8 Å². The number of benzene rings is 1. The number of anilines is 1. The van der Waals surface area contributed by atoms with E-state index in [-0.39, 0.29) is 0 Å². The van der Waals surface area contributed by atoms with E-state index >= 15 is 0 Å². The second-order valence-corrected chi connectivity index (χ2v) is 4.49. The summed E-state index contributed by atoms with van der Waals surface area (Å²) in [5.41, 5.74) is 3.07. The molecule has 0 aliphatic heterocycles. The molecule has 5 heteroatoms. The Morgan fingerprint density at radius 1 is 1.42 bits per heavy atom. The van der Waals surface area contributed by atoms with Crippen molar-refractivity contribution in [1.29, 1.82) is 0 Å². The molecule has 100 valence electrons. The highest BCUT2D eigenvalue weighted by atomic mass is 16.4. The highest BCUT2D eigenvalue weighted by Crippen LogP contribution is 2.15. The lowest BCUT2D eigenvalue weighted by molar-refractivity contribution is 0.0696. The normalized spacial score (nSPS) is 10.4. The molecule has 0 bridgehead atoms. The summed E-state index contributed by atoms with van der Waals surface area (Å²) in [6, 6.07) is 7.25. The maximum Gasteiger partial charge on any atom is 0.335 e. The first-order valence-electron chi connectivity index (χ1n) is 6.12. The highest BCUT2D eigenvalue weighted by Gasteiger charge is 2.06. The molecule has 1 aromatic heterocycles. The Labute approximate surface area is 111 Å². The monoisotopic (exact) mass is 259 g/mol. The molecule has 2 N–H and O–H groups in total. The molecule has 0 spiro atoms. The summed E-state index contributed by atoms with van der Waals surface area (Å²) in [6.45, 7) is 2.57. The highest BCUT2D eigenvalue weighted by molar-refractivity contribution is 5.89. The van der Waals surface area contributed by atoms with Crippen LogP contribution in [-0.4, -0.2) is 27.4 Å². The number of hydrogen-bond donors (Lipinski definition) is 2. The fourth-order valence-corrected chi connectivity index (χ4v) is 1.95. The smallest absolute Gasteiger partial charge is 0.335 e. The molecule has 0 aliphatic carbocycles. The van der Waals surface area contributed by atoms with Crippen LogP contribution in [0.2, 0.25) is 0 Å². The van der Waals surface area contributed by atoms with E-state index in [1.165, 1.54) is 0 Å². The molecule has 0 atom stereocenters. The first-order valence-corrected chi connectivity index (χ1v) is 6.12. The van der Waals surface area contributed by atoms with Crippen molar-refractivity contribution in [2.24, 2.45) is 7.05 Å². The number of carbonyl (C=O) groups is 1. The molecule has 0 unspecified atom stereocenters. The molecule has 0 radical (unpaired) electrons. The van der Waals surface area contributed by atoms with Gasteiger partial charge in [0.25, 0.3) is 0 Å². The number of nitrogens with zero attached hydrogens (tertiary/aromatic N) is 2. The first-order chi connectivity index (χ1) is 9.06. The van der Waals surface area contributed by atoms with Crippen molar-refractivity contribution >= 4 is 11.7 Å². The lowest BCUT2D eigenvalue weighted by Crippen LogP contribution is -2.07. The Kier molecular flexibility index (Phi) is 3.85. The molecular weight excluding hydrogens is 242 g/mol. The van der Waals surface area contributed by atoms with E-state index in [2.05, 4.69) is 10.4 Å². The Balaban J connectivity index is 1.93. The Bertz CT molecular complexity index is 590. The van der Waals surface area contributed by atoms with Gasteiger partial charge in [0.2, 0.25) is 0 Å². The van der Waals surface area contributed by atoms with Crippen LogP contribution in [0.1, 0.15) is 21.6 Å². The molecule has 1 aromatic carbocycles. The summed E-state index contributed by atoms with van der Waals surface area (Å²) in [4.78, 5) is 10.9. The predicted octanol–water partition coefficient (Wildman–Crippen LogP) is 2.08. The molecule has 0 saturated heterocycles. The van der Waals surface area contributed by atoms with E-state index in [9.17, 15) is 4.79 Å². The zero-order valence-electron chi connectivity index (χ0n) is 11.1. The summed E-state index contributed by atoms with van der Waals surface area (Å²) in [7, 11) is 1.89. The fourth-order valence-electron chi connectivity index (χ4n) is 1.95. The van der Waals surface area contributed by atoms with Crippen LogP contribution >= 0.6 is 0 Å². The van der Waals surface area contributed by atoms with Gasteiger partial charge in [0.1, 0.15) is 0 Å². The van der Waals surface area contributed by atoms with E-state index in [1.807, 2.05) is 25.4 Å². The Morgan fingerprint density at radius 2 is 2.21 bits per heavy atom. The van der Waals surface area contributed by atoms with E-state index in [1.54, 1.807) is 23.7 Å². The van der Waals surface area contributed by atoms with Crippen LogP contribution in [0.4, 0.5) is 5.69 Å². The zero-order chi connectivity index (χ0) is 13.8. The maximum absolute atomic E-state index is 10.9. The number of rotatable bonds is 5. The minimum Gasteiger partial charge on any atom is -0.478 e. The van der Waals surface area contributed by atoms with Gasteiger partial charge < -0.3 is 10.4 Å². The molecule has 0 amide bonds. The number of hydrogen-bond acceptors (Lipinski definition) is 3. The van der Waals surface area contributed by atoms with Crippen molar-refractivity contribution in [2.45, 2.75) is 13.3 Å². The molecule has 1 heterocycles. The lowest BCUT2D eigenvalue weighted by Gasteiger charge is -2.08. The lowest BCUT2D eigenvalue weighted by atomic mass is 10.1. The van der Waals surface area contributed by atoms with E-state index in [4.69, 9.17) is 5.11 Å². The number of carboxylic acid groups (broad SMARTS) is 1. The van der Waals surface area contributed by atoms with Crippen LogP contribution in [0.25, 0.3) is 0 Å². The molecular formula is C14H17N3O2. The van der Waals surface area contributed by atoms with Crippen molar-refractivity contribution in [3.8, 4) is 0 Å². The minimum absolute atomic E-state index is 0.343. The van der Waals surface area contributed by atoms with Crippen molar-refractivity contribution in [2.75, 3.05) is 11.9 Å². The minimum atomic E-state index is -0.891. The average molecular weight is 259 g/mol. The van der Waals surface area contributed by atoms with Crippen molar-refractivity contribution in [1.82, 2.24) is 9.78 Å². The summed E-state index contributed by atoms with van der Waals surface area (Å²) in [5, 5.41) is 16.5. The van der Waals surface area contributed by atoms with Gasteiger partial charge in [-0.3, -0.25) is 4.68 Å². The molecule has 19 heavy (non-hydrogen) atoms. The second kappa shape index (κ2) is 5.56. The van der Waals surface area contributed by atoms with Crippen LogP contribution in [0.15, 0.2) is 30.5 Å². The topological polar surface area (TPSA) is 67.2 Å². The second-order valence-electron chi connectivity index (χ2n) is 4.49. The SMILES string of the molecule is Cc1cc(NCCc2ccn(C)n2)ccc1C(=O)O. The first kappa shape index (κ1) is 13.1. The van der Waals surface area contributed by atoms with E-state index in [0.717, 1.165) is 29.9 Å². The van der Waals surface area contributed by atoms with Crippen molar-refractivity contribution in [3.05, 3.63) is 47.3 Å². The van der Waals surface area contributed by atoms with Crippen LogP contribution in [0, 0.1) is 6.92 Å². The maximum atomic E-state index is 10.9. The molecule has 2 rings (SSSR count). The molecule has 0 saturated carbocycles. The van der Waals surface area contributed by atoms with Crippen LogP contribution < -0.4 is 5.32 Å². The largest absolute Gasteiger partial charge is 0.478 e. The Hall–Kier alpha value is -2.30. The summed E-state index contributed by atoms with van der Waals surface area (Å²) in [5.74, 6) is -0.891. The number of aromatic nitrogens is 2. The van der Waals surface area contributed by atoms with Gasteiger partial charge in [0.15, 0.2) is 0 Å². The van der Waals surface area contributed by atoms with Gasteiger partial charge in [-0.25, -0.2) is 4.79 Å². The number of aromatic carboxylic acids is 1. The van der Waals surface area contributed by atoms with Crippen LogP contribution in [-0.2, 0) is 13.5 Å². The van der Waals surface area contributed by atoms with Crippen molar-refractivity contribution in [3.63, 3.8) is 0 Å². The zero-order valence-corrected chi connectivity index (χ0v) is 11.1. The number of nitrogens with one attached hydrogen (secondary N) is 1. The molecule has 5 nitrogen and oxygen atoms in total. The summed E-state index contributed by atoms with van der Waals surface area (Å²) in [6.07, 6.45) is 2.75. The van der Waals surface area contributed by atoms with Crippen molar-refractivity contribution < 1.29 is 9.90 Å².